The van der Waals surface area contributed by atoms with Crippen LogP contribution in [0.15, 0.2) is 174 Å². The molecule has 0 aliphatic carbocycles. The fraction of sp³-hybridized carbons (Fsp3) is 0. The first-order valence-electron chi connectivity index (χ1n) is 16.7. The van der Waals surface area contributed by atoms with E-state index in [2.05, 4.69) is 102 Å². The van der Waals surface area contributed by atoms with Gasteiger partial charge in [-0.05, 0) is 48.0 Å². The molecule has 0 saturated carbocycles. The highest BCUT2D eigenvalue weighted by atomic mass is 16.3. The van der Waals surface area contributed by atoms with Crippen molar-refractivity contribution in [1.29, 1.82) is 0 Å². The number of fused-ring (bicyclic) bond motifs is 6. The van der Waals surface area contributed by atoms with Gasteiger partial charge in [-0.3, -0.25) is 0 Å². The molecule has 3 heterocycles. The van der Waals surface area contributed by atoms with Crippen LogP contribution in [0.5, 0.6) is 0 Å². The zero-order chi connectivity index (χ0) is 33.0. The first kappa shape index (κ1) is 28.2. The Morgan fingerprint density at radius 1 is 0.400 bits per heavy atom. The number of para-hydroxylation sites is 3. The van der Waals surface area contributed by atoms with E-state index in [1.165, 1.54) is 16.3 Å². The molecule has 5 heteroatoms. The molecular formula is C45H28N4O. The fourth-order valence-corrected chi connectivity index (χ4v) is 7.19. The van der Waals surface area contributed by atoms with E-state index in [-0.39, 0.29) is 0 Å². The van der Waals surface area contributed by atoms with Crippen molar-refractivity contribution in [3.05, 3.63) is 170 Å². The molecule has 0 aliphatic heterocycles. The molecule has 0 N–H and O–H groups in total. The minimum atomic E-state index is 0.614. The second-order valence-electron chi connectivity index (χ2n) is 12.4. The van der Waals surface area contributed by atoms with E-state index < -0.39 is 0 Å². The number of hydrogen-bond donors (Lipinski definition) is 0. The summed E-state index contributed by atoms with van der Waals surface area (Å²) in [5, 5.41) is 4.47. The molecule has 3 aromatic heterocycles. The van der Waals surface area contributed by atoms with E-state index >= 15 is 0 Å². The lowest BCUT2D eigenvalue weighted by atomic mass is 9.97. The SMILES string of the molecule is c1ccc(-c2nc(-c3ccccc3)nc(-c3ccc4oc5c(-c6cccc7c6c6ccccc6n7-c6ccccc6)cccc5c4c3)n2)cc1. The maximum atomic E-state index is 6.71. The van der Waals surface area contributed by atoms with Crippen LogP contribution in [0.25, 0.3) is 94.7 Å². The van der Waals surface area contributed by atoms with Crippen LogP contribution in [-0.2, 0) is 0 Å². The minimum Gasteiger partial charge on any atom is -0.455 e. The van der Waals surface area contributed by atoms with Crippen LogP contribution >= 0.6 is 0 Å². The van der Waals surface area contributed by atoms with E-state index in [0.717, 1.165) is 61.0 Å². The Bertz CT molecular complexity index is 2800. The van der Waals surface area contributed by atoms with Gasteiger partial charge in [0.05, 0.1) is 11.0 Å². The van der Waals surface area contributed by atoms with E-state index in [1.807, 2.05) is 72.8 Å². The predicted molar refractivity (Wildman–Crippen MR) is 203 cm³/mol. The van der Waals surface area contributed by atoms with Gasteiger partial charge in [-0.15, -0.1) is 0 Å². The molecule has 0 unspecified atom stereocenters. The highest BCUT2D eigenvalue weighted by molar-refractivity contribution is 6.19. The Morgan fingerprint density at radius 2 is 0.960 bits per heavy atom. The molecule has 0 atom stereocenters. The number of benzene rings is 7. The number of furan rings is 1. The van der Waals surface area contributed by atoms with Crippen LogP contribution in [0.3, 0.4) is 0 Å². The molecule has 0 fully saturated rings. The van der Waals surface area contributed by atoms with Crippen LogP contribution < -0.4 is 0 Å². The van der Waals surface area contributed by atoms with E-state index in [1.54, 1.807) is 0 Å². The smallest absolute Gasteiger partial charge is 0.164 e. The monoisotopic (exact) mass is 640 g/mol. The third kappa shape index (κ3) is 4.52. The largest absolute Gasteiger partial charge is 0.455 e. The summed E-state index contributed by atoms with van der Waals surface area (Å²) >= 11 is 0. The van der Waals surface area contributed by atoms with Crippen molar-refractivity contribution in [2.75, 3.05) is 0 Å². The Labute approximate surface area is 287 Å². The summed E-state index contributed by atoms with van der Waals surface area (Å²) in [5.74, 6) is 1.89. The summed E-state index contributed by atoms with van der Waals surface area (Å²) in [4.78, 5) is 14.8. The van der Waals surface area contributed by atoms with Crippen LogP contribution in [0.2, 0.25) is 0 Å². The molecule has 50 heavy (non-hydrogen) atoms. The molecule has 5 nitrogen and oxygen atoms in total. The van der Waals surface area contributed by atoms with Gasteiger partial charge < -0.3 is 8.98 Å². The third-order valence-electron chi connectivity index (χ3n) is 9.46. The average Bonchev–Trinajstić information content (AvgIpc) is 3.74. The van der Waals surface area contributed by atoms with Crippen LogP contribution in [0.1, 0.15) is 0 Å². The average molecular weight is 641 g/mol. The van der Waals surface area contributed by atoms with Crippen LogP contribution in [0.4, 0.5) is 0 Å². The summed E-state index contributed by atoms with van der Waals surface area (Å²) < 4.78 is 9.06. The standard InChI is InChI=1S/C45H28N4O/c1-4-14-29(15-5-1)43-46-44(30-16-6-2-7-17-30)48-45(47-43)31-26-27-40-37(28-31)35-23-12-22-34(42(35)50-40)33-21-13-25-39-41(33)36-20-10-11-24-38(36)49(39)32-18-8-3-9-19-32/h1-28H. The number of rotatable bonds is 5. The maximum absolute atomic E-state index is 6.71. The van der Waals surface area contributed by atoms with Crippen LogP contribution in [0, 0.1) is 0 Å². The summed E-state index contributed by atoms with van der Waals surface area (Å²) in [7, 11) is 0. The first-order valence-corrected chi connectivity index (χ1v) is 16.7. The van der Waals surface area contributed by atoms with Crippen molar-refractivity contribution in [3.8, 4) is 51.0 Å². The minimum absolute atomic E-state index is 0.614. The van der Waals surface area contributed by atoms with E-state index in [4.69, 9.17) is 19.4 Å². The van der Waals surface area contributed by atoms with Gasteiger partial charge in [0.2, 0.25) is 0 Å². The zero-order valence-electron chi connectivity index (χ0n) is 26.9. The third-order valence-corrected chi connectivity index (χ3v) is 9.46. The molecule has 0 radical (unpaired) electrons. The summed E-state index contributed by atoms with van der Waals surface area (Å²) in [5.41, 5.74) is 10.1. The van der Waals surface area contributed by atoms with Crippen molar-refractivity contribution in [1.82, 2.24) is 19.5 Å². The summed E-state index contributed by atoms with van der Waals surface area (Å²) in [6.07, 6.45) is 0. The van der Waals surface area contributed by atoms with Crippen LogP contribution in [-0.4, -0.2) is 19.5 Å². The summed E-state index contributed by atoms with van der Waals surface area (Å²) in [6.45, 7) is 0. The molecule has 0 aliphatic rings. The number of nitrogens with zero attached hydrogens (tertiary/aromatic N) is 4. The first-order chi connectivity index (χ1) is 24.8. The predicted octanol–water partition coefficient (Wildman–Crippen LogP) is 11.5. The van der Waals surface area contributed by atoms with Crippen molar-refractivity contribution >= 4 is 43.7 Å². The lowest BCUT2D eigenvalue weighted by molar-refractivity contribution is 0.670. The van der Waals surface area contributed by atoms with Gasteiger partial charge >= 0.3 is 0 Å². The molecule has 0 saturated heterocycles. The van der Waals surface area contributed by atoms with E-state index in [0.29, 0.717) is 17.5 Å². The Morgan fingerprint density at radius 3 is 1.68 bits per heavy atom. The molecule has 0 bridgehead atoms. The Balaban J connectivity index is 1.17. The lowest BCUT2D eigenvalue weighted by Gasteiger charge is -2.09. The molecule has 7 aromatic carbocycles. The van der Waals surface area contributed by atoms with Gasteiger partial charge in [-0.1, -0.05) is 127 Å². The fourth-order valence-electron chi connectivity index (χ4n) is 7.19. The second-order valence-corrected chi connectivity index (χ2v) is 12.4. The van der Waals surface area contributed by atoms with Crippen molar-refractivity contribution in [3.63, 3.8) is 0 Å². The zero-order valence-corrected chi connectivity index (χ0v) is 26.9. The lowest BCUT2D eigenvalue weighted by Crippen LogP contribution is -2.00. The van der Waals surface area contributed by atoms with Gasteiger partial charge in [0.1, 0.15) is 11.2 Å². The van der Waals surface area contributed by atoms with Crippen molar-refractivity contribution in [2.24, 2.45) is 0 Å². The molecule has 10 aromatic rings. The Hall–Kier alpha value is -6.85. The quantitative estimate of drug-likeness (QED) is 0.188. The topological polar surface area (TPSA) is 56.7 Å². The second kappa shape index (κ2) is 11.4. The van der Waals surface area contributed by atoms with Crippen molar-refractivity contribution < 1.29 is 4.42 Å². The maximum Gasteiger partial charge on any atom is 0.164 e. The van der Waals surface area contributed by atoms with Gasteiger partial charge in [0.25, 0.3) is 0 Å². The van der Waals surface area contributed by atoms with E-state index in [9.17, 15) is 0 Å². The molecule has 234 valence electrons. The Kier molecular flexibility index (Phi) is 6.42. The molecule has 0 amide bonds. The highest BCUT2D eigenvalue weighted by Crippen LogP contribution is 2.43. The van der Waals surface area contributed by atoms with Gasteiger partial charge in [-0.2, -0.15) is 0 Å². The van der Waals surface area contributed by atoms with Crippen molar-refractivity contribution in [2.45, 2.75) is 0 Å². The number of hydrogen-bond acceptors (Lipinski definition) is 4. The van der Waals surface area contributed by atoms with Gasteiger partial charge in [0, 0.05) is 49.5 Å². The van der Waals surface area contributed by atoms with Gasteiger partial charge in [-0.25, -0.2) is 15.0 Å². The number of aromatic nitrogens is 4. The highest BCUT2D eigenvalue weighted by Gasteiger charge is 2.20. The molecule has 10 rings (SSSR count). The summed E-state index contributed by atoms with van der Waals surface area (Å²) in [6, 6.07) is 58.5. The van der Waals surface area contributed by atoms with Gasteiger partial charge in [0.15, 0.2) is 17.5 Å². The molecule has 0 spiro atoms. The normalized spacial score (nSPS) is 11.6. The molecular weight excluding hydrogens is 613 g/mol.